The SMILES string of the molecule is C/C=C\C1OC2CCC3=C(C=CCC3)C2C1C. The molecule has 0 radical (unpaired) electrons. The molecule has 3 rings (SSSR count). The standard InChI is InChI=1S/C16H22O/c1-3-6-14-11(2)16-13-8-5-4-7-12(13)9-10-15(16)17-14/h3,5-6,8,11,14-16H,4,7,9-10H2,1-2H3/b6-3-. The lowest BCUT2D eigenvalue weighted by atomic mass is 9.72. The number of ether oxygens (including phenoxy) is 1. The summed E-state index contributed by atoms with van der Waals surface area (Å²) in [5, 5.41) is 0. The summed E-state index contributed by atoms with van der Waals surface area (Å²) in [7, 11) is 0. The van der Waals surface area contributed by atoms with Crippen molar-refractivity contribution in [2.24, 2.45) is 11.8 Å². The molecule has 0 N–H and O–H groups in total. The Labute approximate surface area is 104 Å². The molecule has 4 unspecified atom stereocenters. The van der Waals surface area contributed by atoms with Crippen molar-refractivity contribution in [3.8, 4) is 0 Å². The van der Waals surface area contributed by atoms with Crippen LogP contribution in [0.1, 0.15) is 39.5 Å². The fourth-order valence-electron chi connectivity index (χ4n) is 3.76. The molecule has 1 nitrogen and oxygen atoms in total. The lowest BCUT2D eigenvalue weighted by Gasteiger charge is -2.32. The van der Waals surface area contributed by atoms with E-state index in [0.29, 0.717) is 24.0 Å². The van der Waals surface area contributed by atoms with Gasteiger partial charge in [-0.3, -0.25) is 0 Å². The molecule has 1 heterocycles. The van der Waals surface area contributed by atoms with Crippen molar-refractivity contribution < 1.29 is 4.74 Å². The van der Waals surface area contributed by atoms with Crippen LogP contribution in [0.3, 0.4) is 0 Å². The highest BCUT2D eigenvalue weighted by atomic mass is 16.5. The van der Waals surface area contributed by atoms with E-state index in [9.17, 15) is 0 Å². The summed E-state index contributed by atoms with van der Waals surface area (Å²) in [5.74, 6) is 1.28. The van der Waals surface area contributed by atoms with Crippen LogP contribution in [0.2, 0.25) is 0 Å². The molecule has 92 valence electrons. The zero-order valence-electron chi connectivity index (χ0n) is 10.9. The molecule has 3 aliphatic rings. The summed E-state index contributed by atoms with van der Waals surface area (Å²) in [6, 6.07) is 0. The van der Waals surface area contributed by atoms with Crippen molar-refractivity contribution >= 4 is 0 Å². The highest BCUT2D eigenvalue weighted by Gasteiger charge is 2.44. The summed E-state index contributed by atoms with van der Waals surface area (Å²) >= 11 is 0. The third-order valence-electron chi connectivity index (χ3n) is 4.61. The monoisotopic (exact) mass is 230 g/mol. The maximum absolute atomic E-state index is 6.21. The van der Waals surface area contributed by atoms with Crippen molar-refractivity contribution in [3.05, 3.63) is 35.5 Å². The molecule has 0 saturated carbocycles. The second-order valence-corrected chi connectivity index (χ2v) is 5.59. The molecule has 0 amide bonds. The van der Waals surface area contributed by atoms with Crippen LogP contribution in [-0.2, 0) is 4.74 Å². The number of rotatable bonds is 1. The average Bonchev–Trinajstić information content (AvgIpc) is 2.67. The van der Waals surface area contributed by atoms with E-state index in [-0.39, 0.29) is 0 Å². The van der Waals surface area contributed by atoms with Crippen molar-refractivity contribution in [1.82, 2.24) is 0 Å². The predicted octanol–water partition coefficient (Wildman–Crippen LogP) is 4.02. The van der Waals surface area contributed by atoms with E-state index in [0.717, 1.165) is 0 Å². The Hall–Kier alpha value is -0.820. The molecule has 0 aromatic carbocycles. The maximum Gasteiger partial charge on any atom is 0.0792 e. The van der Waals surface area contributed by atoms with Crippen molar-refractivity contribution in [2.75, 3.05) is 0 Å². The topological polar surface area (TPSA) is 9.23 Å². The summed E-state index contributed by atoms with van der Waals surface area (Å²) in [6.07, 6.45) is 14.9. The van der Waals surface area contributed by atoms with Gasteiger partial charge < -0.3 is 4.74 Å². The van der Waals surface area contributed by atoms with Crippen LogP contribution in [0, 0.1) is 11.8 Å². The van der Waals surface area contributed by atoms with Gasteiger partial charge in [-0.1, -0.05) is 36.8 Å². The van der Waals surface area contributed by atoms with Gasteiger partial charge in [0.2, 0.25) is 0 Å². The van der Waals surface area contributed by atoms with Crippen LogP contribution in [0.5, 0.6) is 0 Å². The quantitative estimate of drug-likeness (QED) is 0.618. The zero-order valence-corrected chi connectivity index (χ0v) is 10.9. The largest absolute Gasteiger partial charge is 0.370 e. The molecule has 4 atom stereocenters. The third kappa shape index (κ3) is 1.81. The summed E-state index contributed by atoms with van der Waals surface area (Å²) in [5.41, 5.74) is 3.33. The second kappa shape index (κ2) is 4.45. The van der Waals surface area contributed by atoms with Crippen LogP contribution >= 0.6 is 0 Å². The van der Waals surface area contributed by atoms with Gasteiger partial charge in [0.15, 0.2) is 0 Å². The molecule has 1 aliphatic heterocycles. The molecule has 0 bridgehead atoms. The normalized spacial score (nSPS) is 40.8. The summed E-state index contributed by atoms with van der Waals surface area (Å²) in [6.45, 7) is 4.44. The lowest BCUT2D eigenvalue weighted by molar-refractivity contribution is 0.0499. The summed E-state index contributed by atoms with van der Waals surface area (Å²) in [4.78, 5) is 0. The molecule has 2 aliphatic carbocycles. The van der Waals surface area contributed by atoms with E-state index in [4.69, 9.17) is 4.74 Å². The van der Waals surface area contributed by atoms with Gasteiger partial charge in [-0.05, 0) is 44.1 Å². The summed E-state index contributed by atoms with van der Waals surface area (Å²) < 4.78 is 6.21. The smallest absolute Gasteiger partial charge is 0.0792 e. The number of hydrogen-bond acceptors (Lipinski definition) is 1. The Kier molecular flexibility index (Phi) is 2.96. The van der Waals surface area contributed by atoms with Crippen molar-refractivity contribution in [2.45, 2.75) is 51.7 Å². The highest BCUT2D eigenvalue weighted by Crippen LogP contribution is 2.47. The van der Waals surface area contributed by atoms with Crippen LogP contribution in [0.15, 0.2) is 35.5 Å². The average molecular weight is 230 g/mol. The molecule has 1 saturated heterocycles. The maximum atomic E-state index is 6.21. The first-order valence-corrected chi connectivity index (χ1v) is 6.98. The van der Waals surface area contributed by atoms with Crippen LogP contribution < -0.4 is 0 Å². The first kappa shape index (κ1) is 11.3. The Bertz CT molecular complexity index is 388. The van der Waals surface area contributed by atoms with E-state index in [1.54, 1.807) is 11.1 Å². The molecular weight excluding hydrogens is 208 g/mol. The molecular formula is C16H22O. The van der Waals surface area contributed by atoms with Gasteiger partial charge >= 0.3 is 0 Å². The van der Waals surface area contributed by atoms with Gasteiger partial charge in [0.25, 0.3) is 0 Å². The Balaban J connectivity index is 1.91. The zero-order chi connectivity index (χ0) is 11.8. The van der Waals surface area contributed by atoms with Gasteiger partial charge in [0.05, 0.1) is 12.2 Å². The minimum absolute atomic E-state index is 0.331. The first-order valence-electron chi connectivity index (χ1n) is 6.98. The Morgan fingerprint density at radius 2 is 2.24 bits per heavy atom. The molecule has 1 heteroatoms. The third-order valence-corrected chi connectivity index (χ3v) is 4.61. The van der Waals surface area contributed by atoms with Crippen LogP contribution in [0.25, 0.3) is 0 Å². The first-order chi connectivity index (χ1) is 8.31. The van der Waals surface area contributed by atoms with Gasteiger partial charge in [-0.2, -0.15) is 0 Å². The fourth-order valence-corrected chi connectivity index (χ4v) is 3.76. The van der Waals surface area contributed by atoms with E-state index >= 15 is 0 Å². The van der Waals surface area contributed by atoms with Gasteiger partial charge in [0, 0.05) is 5.92 Å². The minimum Gasteiger partial charge on any atom is -0.370 e. The van der Waals surface area contributed by atoms with E-state index < -0.39 is 0 Å². The highest BCUT2D eigenvalue weighted by molar-refractivity contribution is 5.36. The van der Waals surface area contributed by atoms with E-state index in [1.807, 2.05) is 0 Å². The molecule has 17 heavy (non-hydrogen) atoms. The molecule has 0 aromatic heterocycles. The lowest BCUT2D eigenvalue weighted by Crippen LogP contribution is -2.27. The van der Waals surface area contributed by atoms with Crippen molar-refractivity contribution in [1.29, 1.82) is 0 Å². The minimum atomic E-state index is 0.331. The number of hydrogen-bond donors (Lipinski definition) is 0. The fraction of sp³-hybridized carbons (Fsp3) is 0.625. The Morgan fingerprint density at radius 1 is 1.35 bits per heavy atom. The molecule has 0 aromatic rings. The van der Waals surface area contributed by atoms with Gasteiger partial charge in [0.1, 0.15) is 0 Å². The number of allylic oxidation sites excluding steroid dienone is 4. The molecule has 1 fully saturated rings. The van der Waals surface area contributed by atoms with Crippen LogP contribution in [0.4, 0.5) is 0 Å². The van der Waals surface area contributed by atoms with E-state index in [1.165, 1.54) is 25.7 Å². The van der Waals surface area contributed by atoms with E-state index in [2.05, 4.69) is 38.2 Å². The number of fused-ring (bicyclic) bond motifs is 2. The Morgan fingerprint density at radius 3 is 3.06 bits per heavy atom. The van der Waals surface area contributed by atoms with Gasteiger partial charge in [-0.15, -0.1) is 0 Å². The van der Waals surface area contributed by atoms with Crippen molar-refractivity contribution in [3.63, 3.8) is 0 Å². The van der Waals surface area contributed by atoms with Gasteiger partial charge in [-0.25, -0.2) is 0 Å². The predicted molar refractivity (Wildman–Crippen MR) is 70.8 cm³/mol. The van der Waals surface area contributed by atoms with Crippen LogP contribution in [-0.4, -0.2) is 12.2 Å². The molecule has 0 spiro atoms. The second-order valence-electron chi connectivity index (χ2n) is 5.59.